The summed E-state index contributed by atoms with van der Waals surface area (Å²) in [7, 11) is 2.89. The average Bonchev–Trinajstić information content (AvgIpc) is 1.63. The molecule has 4 aromatic carbocycles. The lowest BCUT2D eigenvalue weighted by molar-refractivity contribution is -0.154. The SMILES string of the molecule is CNC(=O)c1cc(Cl)cc(C)c1NC(=O)c1cc(OCC(F)(F)F)nn1-c1ncccc1C.CNC(=O)c1cc(Cl)cc(Cl)c1NC(=O)c1cc(Br)nn1-c1ncccc1C.Cc1cccnc1-n1nc(C(F)(F)F)cc1C(=O)Nc1c(C)cc(C#N)cc1C(=O)NC(C)C.Cc1cccnc1-n1nc(OCC(F)(F)F)cc1C(=O)Nc1c(C)cc(Cl)cc1C(=O)NC(C)C. The lowest BCUT2D eigenvalue weighted by Crippen LogP contribution is -2.31. The molecule has 0 aliphatic rings. The molecule has 680 valence electrons. The Hall–Kier alpha value is -13.8. The smallest absolute Gasteiger partial charge is 0.435 e. The van der Waals surface area contributed by atoms with Crippen LogP contribution in [-0.4, -0.2) is 158 Å². The normalized spacial score (nSPS) is 11.2. The molecule has 0 saturated carbocycles. The van der Waals surface area contributed by atoms with Crippen molar-refractivity contribution in [3.63, 3.8) is 0 Å². The number of amides is 8. The van der Waals surface area contributed by atoms with Gasteiger partial charge in [-0.25, -0.2) is 38.7 Å². The summed E-state index contributed by atoms with van der Waals surface area (Å²) in [6.45, 7) is 15.7. The van der Waals surface area contributed by atoms with Crippen LogP contribution in [0.1, 0.15) is 161 Å². The van der Waals surface area contributed by atoms with E-state index in [9.17, 15) is 83.1 Å². The molecule has 0 aliphatic carbocycles. The number of nitrogens with zero attached hydrogens (tertiary/aromatic N) is 13. The van der Waals surface area contributed by atoms with E-state index in [2.05, 4.69) is 98.8 Å². The molecule has 8 N–H and O–H groups in total. The van der Waals surface area contributed by atoms with Crippen molar-refractivity contribution >= 4 is 132 Å². The quantitative estimate of drug-likeness (QED) is 0.0292. The zero-order valence-corrected chi connectivity index (χ0v) is 75.2. The number of hydrogen-bond acceptors (Lipinski definition) is 19. The van der Waals surface area contributed by atoms with Gasteiger partial charge in [0.2, 0.25) is 11.8 Å². The number of nitrogens with one attached hydrogen (secondary N) is 8. The van der Waals surface area contributed by atoms with Crippen LogP contribution < -0.4 is 52.0 Å². The van der Waals surface area contributed by atoms with Crippen LogP contribution in [0.3, 0.4) is 0 Å². The van der Waals surface area contributed by atoms with Crippen molar-refractivity contribution in [1.29, 1.82) is 5.26 Å². The monoisotopic (exact) mass is 1940 g/mol. The van der Waals surface area contributed by atoms with Gasteiger partial charge in [0.05, 0.1) is 61.7 Å². The van der Waals surface area contributed by atoms with Gasteiger partial charge in [-0.2, -0.15) is 55.0 Å². The number of carbonyl (C=O) groups excluding carboxylic acids is 8. The molecule has 130 heavy (non-hydrogen) atoms. The first kappa shape index (κ1) is 99.9. The number of halogens is 14. The summed E-state index contributed by atoms with van der Waals surface area (Å²) in [5, 5.41) is 47.0. The topological polar surface area (TPSA) is 398 Å². The number of aromatic nitrogens is 12. The molecule has 0 saturated heterocycles. The average molecular weight is 1950 g/mol. The van der Waals surface area contributed by atoms with Crippen LogP contribution in [0.4, 0.5) is 62.3 Å². The van der Waals surface area contributed by atoms with Crippen LogP contribution >= 0.6 is 62.3 Å². The summed E-state index contributed by atoms with van der Waals surface area (Å²) in [5.41, 5.74) is 3.39. The first-order chi connectivity index (χ1) is 61.1. The zero-order chi connectivity index (χ0) is 95.9. The van der Waals surface area contributed by atoms with Crippen LogP contribution in [0, 0.1) is 59.8 Å². The highest BCUT2D eigenvalue weighted by Gasteiger charge is 2.38. The van der Waals surface area contributed by atoms with Gasteiger partial charge in [-0.15, -0.1) is 10.2 Å². The minimum absolute atomic E-state index is 0.00901. The maximum Gasteiger partial charge on any atom is 0.435 e. The second-order valence-corrected chi connectivity index (χ2v) is 31.2. The van der Waals surface area contributed by atoms with Crippen molar-refractivity contribution in [3.8, 4) is 41.1 Å². The number of ether oxygens (including phenoxy) is 2. The first-order valence-corrected chi connectivity index (χ1v) is 40.5. The molecule has 0 atom stereocenters. The Morgan fingerprint density at radius 2 is 0.723 bits per heavy atom. The molecule has 8 heterocycles. The minimum Gasteiger partial charge on any atom is -0.467 e. The summed E-state index contributed by atoms with van der Waals surface area (Å²) < 4.78 is 130. The molecule has 8 amide bonds. The van der Waals surface area contributed by atoms with Crippen molar-refractivity contribution < 1.29 is 87.3 Å². The maximum atomic E-state index is 13.4. The predicted octanol–water partition coefficient (Wildman–Crippen LogP) is 17.4. The van der Waals surface area contributed by atoms with E-state index in [-0.39, 0.29) is 107 Å². The van der Waals surface area contributed by atoms with Gasteiger partial charge in [0.1, 0.15) is 27.4 Å². The largest absolute Gasteiger partial charge is 0.467 e. The number of hydrogen-bond donors (Lipinski definition) is 8. The van der Waals surface area contributed by atoms with Crippen LogP contribution in [0.2, 0.25) is 20.1 Å². The number of aryl methyl sites for hydroxylation is 7. The van der Waals surface area contributed by atoms with E-state index < -0.39 is 102 Å². The van der Waals surface area contributed by atoms with E-state index in [1.165, 1.54) is 73.8 Å². The van der Waals surface area contributed by atoms with E-state index in [1.807, 2.05) is 19.1 Å². The Labute approximate surface area is 763 Å². The van der Waals surface area contributed by atoms with Crippen molar-refractivity contribution in [2.75, 3.05) is 48.6 Å². The fourth-order valence-electron chi connectivity index (χ4n) is 12.0. The fourth-order valence-corrected chi connectivity index (χ4v) is 13.5. The van der Waals surface area contributed by atoms with E-state index in [1.54, 1.807) is 136 Å². The van der Waals surface area contributed by atoms with Crippen LogP contribution in [0.15, 0.2) is 151 Å². The Bertz CT molecular complexity index is 6370. The molecule has 31 nitrogen and oxygen atoms in total. The van der Waals surface area contributed by atoms with Gasteiger partial charge >= 0.3 is 18.5 Å². The molecule has 0 spiro atoms. The third-order valence-electron chi connectivity index (χ3n) is 17.8. The fraction of sp³-hybridized carbons (Fsp3) is 0.235. The molecule has 0 aliphatic heterocycles. The summed E-state index contributed by atoms with van der Waals surface area (Å²) in [6, 6.07) is 31.1. The number of carbonyl (C=O) groups is 8. The highest BCUT2D eigenvalue weighted by molar-refractivity contribution is 9.10. The zero-order valence-electron chi connectivity index (χ0n) is 70.6. The highest BCUT2D eigenvalue weighted by atomic mass is 79.9. The lowest BCUT2D eigenvalue weighted by Gasteiger charge is -2.16. The number of rotatable bonds is 22. The summed E-state index contributed by atoms with van der Waals surface area (Å²) >= 11 is 27.7. The summed E-state index contributed by atoms with van der Waals surface area (Å²) in [5.74, 6) is -4.67. The van der Waals surface area contributed by atoms with E-state index >= 15 is 0 Å². The van der Waals surface area contributed by atoms with Gasteiger partial charge in [0.15, 0.2) is 42.2 Å². The van der Waals surface area contributed by atoms with Crippen molar-refractivity contribution in [3.05, 3.63) is 266 Å². The Morgan fingerprint density at radius 1 is 0.408 bits per heavy atom. The number of anilines is 4. The molecule has 0 fully saturated rings. The highest BCUT2D eigenvalue weighted by Crippen LogP contribution is 2.36. The number of benzene rings is 4. The molecular formula is C85H77BrCl4F9N21O10. The van der Waals surface area contributed by atoms with Crippen LogP contribution in [0.25, 0.3) is 23.3 Å². The molecule has 0 bridgehead atoms. The van der Waals surface area contributed by atoms with E-state index in [4.69, 9.17) is 55.9 Å². The van der Waals surface area contributed by atoms with Gasteiger partial charge < -0.3 is 52.0 Å². The molecule has 0 unspecified atom stereocenters. The maximum absolute atomic E-state index is 13.4. The molecule has 12 aromatic rings. The van der Waals surface area contributed by atoms with Gasteiger partial charge in [0.25, 0.3) is 47.3 Å². The summed E-state index contributed by atoms with van der Waals surface area (Å²) in [6.07, 6.45) is -8.08. The summed E-state index contributed by atoms with van der Waals surface area (Å²) in [4.78, 5) is 119. The Balaban J connectivity index is 0.000000196. The Kier molecular flexibility index (Phi) is 33.0. The first-order valence-electron chi connectivity index (χ1n) is 38.2. The van der Waals surface area contributed by atoms with Crippen LogP contribution in [-0.2, 0) is 6.18 Å². The molecule has 0 radical (unpaired) electrons. The van der Waals surface area contributed by atoms with Gasteiger partial charge in [-0.1, -0.05) is 70.7 Å². The molecule has 45 heteroatoms. The second kappa shape index (κ2) is 42.9. The van der Waals surface area contributed by atoms with Gasteiger partial charge in [0, 0.05) is 90.3 Å². The second-order valence-electron chi connectivity index (χ2n) is 28.7. The van der Waals surface area contributed by atoms with E-state index in [0.29, 0.717) is 59.9 Å². The third kappa shape index (κ3) is 25.8. The van der Waals surface area contributed by atoms with E-state index in [0.717, 1.165) is 31.7 Å². The minimum atomic E-state index is -4.80. The molecule has 8 aromatic heterocycles. The van der Waals surface area contributed by atoms with Crippen molar-refractivity contribution in [1.82, 2.24) is 80.3 Å². The standard InChI is InChI=1S/C23H23ClF3N5O3.C23H21F3N6O2.C21H19ClF3N5O3.C18H14BrCl2N5O2/c1-12(2)29-21(33)16-9-15(24)8-14(4)19(16)30-22(34)17-10-18(35-11-23(25,26)27)31-32(17)20-13(3)6-5-7-28-20;1-12(2)29-21(33)16-9-15(11-27)8-14(4)19(16)30-22(34)17-10-18(23(24,25)26)31-32(17)20-13(3)6-5-7-28-20;1-11-5-4-6-27-18(11)30-15(9-16(29-30)33-10-21(23,24)25)20(32)28-17-12(2)7-13(22)8-14(17)19(31)26-3;1-9-4-3-5-23-16(9)26-13(8-14(19)25-26)18(28)24-15-11(17(27)22-2)6-10(20)7-12(15)21/h5-10,12H,11H2,1-4H3,(H,29,33)(H,30,34);5-10,12H,1-4H3,(H,29,33)(H,30,34);4-9H,10H2,1-3H3,(H,26,31)(H,28,32);3-8H,1-2H3,(H,22,27)(H,24,28). The van der Waals surface area contributed by atoms with Gasteiger partial charge in [-0.3, -0.25) is 38.4 Å². The van der Waals surface area contributed by atoms with Crippen molar-refractivity contribution in [2.45, 2.75) is 107 Å². The lowest BCUT2D eigenvalue weighted by atomic mass is 10.0. The Morgan fingerprint density at radius 3 is 1.07 bits per heavy atom. The molecular weight excluding hydrogens is 1870 g/mol. The molecule has 12 rings (SSSR count). The number of pyridine rings is 4. The van der Waals surface area contributed by atoms with Crippen LogP contribution in [0.5, 0.6) is 11.8 Å². The van der Waals surface area contributed by atoms with Crippen molar-refractivity contribution in [2.24, 2.45) is 0 Å². The number of nitriles is 1. The predicted molar refractivity (Wildman–Crippen MR) is 469 cm³/mol. The van der Waals surface area contributed by atoms with Gasteiger partial charge in [-0.05, 0) is 204 Å². The third-order valence-corrected chi connectivity index (χ3v) is 19.2. The number of alkyl halides is 9.